The maximum absolute atomic E-state index is 12.2. The van der Waals surface area contributed by atoms with E-state index in [0.717, 1.165) is 12.0 Å². The van der Waals surface area contributed by atoms with Crippen LogP contribution in [-0.2, 0) is 18.2 Å². The summed E-state index contributed by atoms with van der Waals surface area (Å²) >= 11 is 0. The van der Waals surface area contributed by atoms with Crippen LogP contribution >= 0.6 is 7.82 Å². The van der Waals surface area contributed by atoms with Crippen molar-refractivity contribution in [3.05, 3.63) is 42.7 Å². The Morgan fingerprint density at radius 2 is 1.95 bits per heavy atom. The Morgan fingerprint density at radius 1 is 1.33 bits per heavy atom. The van der Waals surface area contributed by atoms with Crippen LogP contribution in [0.2, 0.25) is 0 Å². The van der Waals surface area contributed by atoms with Gasteiger partial charge in [0.2, 0.25) is 0 Å². The number of pyridine rings is 1. The summed E-state index contributed by atoms with van der Waals surface area (Å²) in [5.74, 6) is 0. The molecule has 116 valence electrons. The molecule has 1 aromatic rings. The van der Waals surface area contributed by atoms with Gasteiger partial charge in [-0.1, -0.05) is 11.2 Å². The second-order valence-electron chi connectivity index (χ2n) is 3.97. The smallest absolute Gasteiger partial charge is 0.292 e. The fraction of sp³-hybridized carbons (Fsp3) is 0.429. The number of phosphoric acid groups is 1. The third-order valence-electron chi connectivity index (χ3n) is 2.42. The van der Waals surface area contributed by atoms with Crippen molar-refractivity contribution in [3.63, 3.8) is 0 Å². The van der Waals surface area contributed by atoms with Crippen LogP contribution < -0.4 is 0 Å². The van der Waals surface area contributed by atoms with Crippen LogP contribution in [-0.4, -0.2) is 23.9 Å². The van der Waals surface area contributed by atoms with Crippen molar-refractivity contribution in [1.29, 1.82) is 0 Å². The molecule has 7 heteroatoms. The second kappa shape index (κ2) is 9.45. The summed E-state index contributed by atoms with van der Waals surface area (Å²) in [5, 5.41) is 3.97. The summed E-state index contributed by atoms with van der Waals surface area (Å²) in [5.41, 5.74) is 1.48. The highest BCUT2D eigenvalue weighted by atomic mass is 31.2. The third kappa shape index (κ3) is 6.21. The summed E-state index contributed by atoms with van der Waals surface area (Å²) in [6.07, 6.45) is 6.41. The minimum atomic E-state index is -3.65. The molecule has 0 N–H and O–H groups in total. The van der Waals surface area contributed by atoms with Crippen LogP contribution in [0, 0.1) is 0 Å². The van der Waals surface area contributed by atoms with Crippen LogP contribution in [0.4, 0.5) is 0 Å². The molecular formula is C14H21N2O4P. The van der Waals surface area contributed by atoms with Gasteiger partial charge < -0.3 is 0 Å². The molecule has 21 heavy (non-hydrogen) atoms. The van der Waals surface area contributed by atoms with Crippen LogP contribution in [0.25, 0.3) is 0 Å². The van der Waals surface area contributed by atoms with E-state index in [0.29, 0.717) is 12.1 Å². The molecule has 0 bridgehead atoms. The van der Waals surface area contributed by atoms with E-state index in [1.807, 2.05) is 0 Å². The van der Waals surface area contributed by atoms with Gasteiger partial charge in [-0.25, -0.2) is 4.57 Å². The zero-order chi connectivity index (χ0) is 15.6. The Kier molecular flexibility index (Phi) is 7.90. The van der Waals surface area contributed by atoms with Crippen molar-refractivity contribution in [2.24, 2.45) is 5.16 Å². The zero-order valence-electron chi connectivity index (χ0n) is 12.4. The predicted molar refractivity (Wildman–Crippen MR) is 82.1 cm³/mol. The van der Waals surface area contributed by atoms with Gasteiger partial charge in [0, 0.05) is 18.0 Å². The van der Waals surface area contributed by atoms with Gasteiger partial charge >= 0.3 is 7.82 Å². The van der Waals surface area contributed by atoms with Crippen LogP contribution in [0.1, 0.15) is 32.3 Å². The Balaban J connectivity index is 2.91. The molecule has 0 amide bonds. The SMILES string of the molecule is C=CCC/C(=N/OP(=O)(OCC)OCC)c1ccncc1. The average Bonchev–Trinajstić information content (AvgIpc) is 2.49. The molecule has 0 unspecified atom stereocenters. The molecule has 0 aromatic carbocycles. The van der Waals surface area contributed by atoms with E-state index in [2.05, 4.69) is 16.7 Å². The third-order valence-corrected chi connectivity index (χ3v) is 3.85. The molecule has 0 aliphatic carbocycles. The lowest BCUT2D eigenvalue weighted by atomic mass is 10.1. The van der Waals surface area contributed by atoms with Gasteiger partial charge in [0.25, 0.3) is 0 Å². The van der Waals surface area contributed by atoms with E-state index in [1.165, 1.54) is 0 Å². The monoisotopic (exact) mass is 312 g/mol. The molecule has 0 atom stereocenters. The first kappa shape index (κ1) is 17.6. The van der Waals surface area contributed by atoms with Gasteiger partial charge in [0.15, 0.2) is 0 Å². The normalized spacial score (nSPS) is 12.2. The highest BCUT2D eigenvalue weighted by molar-refractivity contribution is 7.48. The molecule has 0 spiro atoms. The minimum absolute atomic E-state index is 0.212. The highest BCUT2D eigenvalue weighted by Crippen LogP contribution is 2.49. The van der Waals surface area contributed by atoms with Gasteiger partial charge in [0.05, 0.1) is 18.9 Å². The van der Waals surface area contributed by atoms with Crippen molar-refractivity contribution in [2.45, 2.75) is 26.7 Å². The van der Waals surface area contributed by atoms with Crippen molar-refractivity contribution in [3.8, 4) is 0 Å². The lowest BCUT2D eigenvalue weighted by molar-refractivity contribution is 0.125. The topological polar surface area (TPSA) is 70.0 Å². The fourth-order valence-electron chi connectivity index (χ4n) is 1.53. The molecule has 6 nitrogen and oxygen atoms in total. The standard InChI is InChI=1S/C14H21N2O4P/c1-4-7-8-14(13-9-11-15-12-10-13)16-20-21(17,18-5-2)19-6-3/h4,9-12H,1,5-8H2,2-3H3/b16-14-. The summed E-state index contributed by atoms with van der Waals surface area (Å²) in [6, 6.07) is 3.61. The van der Waals surface area contributed by atoms with Gasteiger partial charge in [-0.05, 0) is 38.8 Å². The average molecular weight is 312 g/mol. The molecule has 0 aliphatic rings. The Labute approximate surface area is 125 Å². The van der Waals surface area contributed by atoms with E-state index in [-0.39, 0.29) is 13.2 Å². The highest BCUT2D eigenvalue weighted by Gasteiger charge is 2.27. The van der Waals surface area contributed by atoms with E-state index in [9.17, 15) is 4.57 Å². The van der Waals surface area contributed by atoms with Gasteiger partial charge in [-0.15, -0.1) is 6.58 Å². The number of aromatic nitrogens is 1. The van der Waals surface area contributed by atoms with Crippen LogP contribution in [0.15, 0.2) is 42.3 Å². The van der Waals surface area contributed by atoms with Gasteiger partial charge in [-0.2, -0.15) is 0 Å². The number of phosphoric ester groups is 1. The fourth-order valence-corrected chi connectivity index (χ4v) is 2.53. The van der Waals surface area contributed by atoms with E-state index < -0.39 is 7.82 Å². The van der Waals surface area contributed by atoms with Crippen LogP contribution in [0.5, 0.6) is 0 Å². The van der Waals surface area contributed by atoms with Crippen molar-refractivity contribution < 1.29 is 18.2 Å². The first-order valence-corrected chi connectivity index (χ1v) is 8.27. The van der Waals surface area contributed by atoms with Gasteiger partial charge in [-0.3, -0.25) is 18.7 Å². The van der Waals surface area contributed by atoms with Gasteiger partial charge in [0.1, 0.15) is 0 Å². The van der Waals surface area contributed by atoms with Crippen molar-refractivity contribution >= 4 is 13.5 Å². The summed E-state index contributed by atoms with van der Waals surface area (Å²) in [4.78, 5) is 3.96. The molecule has 0 fully saturated rings. The number of rotatable bonds is 10. The van der Waals surface area contributed by atoms with E-state index in [1.54, 1.807) is 44.4 Å². The molecule has 0 radical (unpaired) electrons. The quantitative estimate of drug-likeness (QED) is 0.283. The number of hydrogen-bond acceptors (Lipinski definition) is 6. The molecule has 0 saturated heterocycles. The Morgan fingerprint density at radius 3 is 2.48 bits per heavy atom. The molecular weight excluding hydrogens is 291 g/mol. The number of hydrogen-bond donors (Lipinski definition) is 0. The van der Waals surface area contributed by atoms with E-state index in [4.69, 9.17) is 13.7 Å². The first-order valence-electron chi connectivity index (χ1n) is 6.81. The first-order chi connectivity index (χ1) is 10.1. The minimum Gasteiger partial charge on any atom is -0.292 e. The Bertz CT molecular complexity index is 495. The molecule has 0 saturated carbocycles. The number of allylic oxidation sites excluding steroid dienone is 1. The lowest BCUT2D eigenvalue weighted by Gasteiger charge is -2.14. The predicted octanol–water partition coefficient (Wildman–Crippen LogP) is 3.95. The maximum Gasteiger partial charge on any atom is 0.550 e. The molecule has 1 aromatic heterocycles. The van der Waals surface area contributed by atoms with Crippen molar-refractivity contribution in [1.82, 2.24) is 4.98 Å². The number of oxime groups is 1. The molecule has 0 aliphatic heterocycles. The largest absolute Gasteiger partial charge is 0.550 e. The van der Waals surface area contributed by atoms with Crippen LogP contribution in [0.3, 0.4) is 0 Å². The summed E-state index contributed by atoms with van der Waals surface area (Å²) < 4.78 is 27.3. The number of nitrogens with zero attached hydrogens (tertiary/aromatic N) is 2. The second-order valence-corrected chi connectivity index (χ2v) is 5.54. The molecule has 1 rings (SSSR count). The maximum atomic E-state index is 12.2. The Hall–Kier alpha value is -1.49. The zero-order valence-corrected chi connectivity index (χ0v) is 13.3. The summed E-state index contributed by atoms with van der Waals surface area (Å²) in [6.45, 7) is 7.52. The summed E-state index contributed by atoms with van der Waals surface area (Å²) in [7, 11) is -3.65. The van der Waals surface area contributed by atoms with E-state index >= 15 is 0 Å². The van der Waals surface area contributed by atoms with Crippen molar-refractivity contribution in [2.75, 3.05) is 13.2 Å². The lowest BCUT2D eigenvalue weighted by Crippen LogP contribution is -2.04. The molecule has 1 heterocycles.